The van der Waals surface area contributed by atoms with Crippen molar-refractivity contribution in [2.24, 2.45) is 5.28 Å². The second kappa shape index (κ2) is 9.18. The molecule has 29 heavy (non-hydrogen) atoms. The molecule has 160 valence electrons. The largest absolute Gasteiger partial charge is 0.569 e. The maximum Gasteiger partial charge on any atom is 0.430 e. The van der Waals surface area contributed by atoms with Crippen LogP contribution in [-0.4, -0.2) is 60.3 Å². The number of esters is 1. The van der Waals surface area contributed by atoms with Gasteiger partial charge in [-0.2, -0.15) is 13.2 Å². The molecule has 0 saturated carbocycles. The Morgan fingerprint density at radius 1 is 1.55 bits per heavy atom. The van der Waals surface area contributed by atoms with Crippen molar-refractivity contribution in [2.75, 3.05) is 27.0 Å². The Morgan fingerprint density at radius 3 is 2.90 bits per heavy atom. The molecule has 13 heteroatoms. The van der Waals surface area contributed by atoms with Gasteiger partial charge in [0.2, 0.25) is 11.4 Å². The number of fused-ring (bicyclic) bond motifs is 1. The fourth-order valence-electron chi connectivity index (χ4n) is 2.21. The van der Waals surface area contributed by atoms with E-state index in [0.717, 1.165) is 23.2 Å². The minimum atomic E-state index is -5.04. The number of aliphatic hydroxyl groups excluding tert-OH is 1. The number of benzene rings is 1. The normalized spacial score (nSPS) is 18.4. The summed E-state index contributed by atoms with van der Waals surface area (Å²) in [6.45, 7) is -4.08. The highest BCUT2D eigenvalue weighted by atomic mass is 35.5. The first kappa shape index (κ1) is 18.3. The molecule has 0 aliphatic carbocycles. The van der Waals surface area contributed by atoms with Crippen LogP contribution in [0.1, 0.15) is 15.2 Å². The smallest absolute Gasteiger partial charge is 0.430 e. The first-order valence-corrected chi connectivity index (χ1v) is 8.21. The number of carbonyl (C=O) groups excluding carboxylic acids is 1. The van der Waals surface area contributed by atoms with E-state index in [9.17, 15) is 23.2 Å². The molecule has 1 atom stereocenters. The molecule has 1 aromatic carbocycles. The van der Waals surface area contributed by atoms with Crippen molar-refractivity contribution in [1.82, 2.24) is 5.01 Å². The molecular weight excluding hydrogens is 423 g/mol. The third kappa shape index (κ3) is 5.64. The highest BCUT2D eigenvalue weighted by molar-refractivity contribution is 6.32. The van der Waals surface area contributed by atoms with Gasteiger partial charge in [0, 0.05) is 9.68 Å². The number of alkyl halides is 3. The van der Waals surface area contributed by atoms with Gasteiger partial charge in [-0.05, 0) is 30.6 Å². The standard InChI is InChI=1S/C16H17ClF3N3O6/c1-9-5-10-7-11(14(16(18,19)20)29-13(10)12(17)6-9)15(25)27-8-28-21-23(26)22(2)3-4-24/h5-7,14,24H,3-4,8H2,1-2H3/i1D3. The lowest BCUT2D eigenvalue weighted by molar-refractivity contribution is -0.706. The van der Waals surface area contributed by atoms with Gasteiger partial charge in [-0.3, -0.25) is 0 Å². The van der Waals surface area contributed by atoms with E-state index in [0.29, 0.717) is 0 Å². The summed E-state index contributed by atoms with van der Waals surface area (Å²) in [6.07, 6.45) is -7.03. The summed E-state index contributed by atoms with van der Waals surface area (Å²) in [5, 5.41) is 23.6. The molecular formula is C16H17ClF3N3O6. The van der Waals surface area contributed by atoms with E-state index in [2.05, 4.69) is 14.9 Å². The van der Waals surface area contributed by atoms with Gasteiger partial charge < -0.3 is 24.6 Å². The Bertz CT molecular complexity index is 927. The summed E-state index contributed by atoms with van der Waals surface area (Å²) < 4.78 is 72.1. The average Bonchev–Trinajstić information content (AvgIpc) is 2.68. The second-order valence-electron chi connectivity index (χ2n) is 5.63. The highest BCUT2D eigenvalue weighted by Crippen LogP contribution is 2.41. The van der Waals surface area contributed by atoms with E-state index < -0.39 is 43.2 Å². The van der Waals surface area contributed by atoms with Gasteiger partial charge in [0.1, 0.15) is 5.75 Å². The zero-order valence-electron chi connectivity index (χ0n) is 17.8. The number of aryl methyl sites for hydroxylation is 1. The summed E-state index contributed by atoms with van der Waals surface area (Å²) in [4.78, 5) is 16.6. The van der Waals surface area contributed by atoms with Crippen LogP contribution in [0, 0.1) is 12.1 Å². The predicted octanol–water partition coefficient (Wildman–Crippen LogP) is 2.59. The lowest BCUT2D eigenvalue weighted by Crippen LogP contribution is -2.41. The number of carbonyl (C=O) groups is 1. The van der Waals surface area contributed by atoms with E-state index in [4.69, 9.17) is 25.6 Å². The van der Waals surface area contributed by atoms with Crippen LogP contribution in [0.2, 0.25) is 5.02 Å². The summed E-state index contributed by atoms with van der Waals surface area (Å²) in [6, 6.07) is 1.97. The van der Waals surface area contributed by atoms with Crippen molar-refractivity contribution in [3.63, 3.8) is 0 Å². The number of ether oxygens (including phenoxy) is 2. The Morgan fingerprint density at radius 2 is 2.28 bits per heavy atom. The fourth-order valence-corrected chi connectivity index (χ4v) is 2.48. The number of aliphatic hydroxyl groups is 1. The van der Waals surface area contributed by atoms with Gasteiger partial charge in [-0.15, -0.1) is 5.01 Å². The zero-order chi connectivity index (χ0) is 24.3. The second-order valence-corrected chi connectivity index (χ2v) is 6.04. The predicted molar refractivity (Wildman–Crippen MR) is 92.5 cm³/mol. The number of likely N-dealkylation sites (N-methyl/N-ethyl adjacent to an activating group) is 1. The number of nitrogens with zero attached hydrogens (tertiary/aromatic N) is 3. The molecule has 0 saturated heterocycles. The fraction of sp³-hybridized carbons (Fsp3) is 0.438. The number of rotatable bonds is 7. The molecule has 0 spiro atoms. The lowest BCUT2D eigenvalue weighted by Gasteiger charge is -2.28. The molecule has 1 aliphatic heterocycles. The molecule has 1 aliphatic rings. The third-order valence-electron chi connectivity index (χ3n) is 3.52. The molecule has 1 unspecified atom stereocenters. The maximum atomic E-state index is 13.5. The van der Waals surface area contributed by atoms with Crippen molar-refractivity contribution in [3.8, 4) is 5.75 Å². The first-order chi connectivity index (χ1) is 14.8. The van der Waals surface area contributed by atoms with Gasteiger partial charge in [-0.1, -0.05) is 11.6 Å². The Labute approximate surface area is 172 Å². The van der Waals surface area contributed by atoms with E-state index in [1.807, 2.05) is 0 Å². The molecule has 2 rings (SSSR count). The van der Waals surface area contributed by atoms with Crippen LogP contribution < -0.4 is 4.74 Å². The highest BCUT2D eigenvalue weighted by Gasteiger charge is 2.49. The minimum Gasteiger partial charge on any atom is -0.569 e. The Hall–Kier alpha value is -2.73. The van der Waals surface area contributed by atoms with E-state index >= 15 is 0 Å². The zero-order valence-corrected chi connectivity index (χ0v) is 15.5. The van der Waals surface area contributed by atoms with Crippen LogP contribution >= 0.6 is 11.6 Å². The van der Waals surface area contributed by atoms with E-state index in [-0.39, 0.29) is 34.3 Å². The maximum absolute atomic E-state index is 13.5. The van der Waals surface area contributed by atoms with Crippen molar-refractivity contribution in [3.05, 3.63) is 39.1 Å². The molecule has 1 N–H and O–H groups in total. The summed E-state index contributed by atoms with van der Waals surface area (Å²) in [5.41, 5.74) is -1.44. The number of hydrogen-bond donors (Lipinski definition) is 1. The molecule has 1 aromatic rings. The van der Waals surface area contributed by atoms with E-state index in [1.165, 1.54) is 7.05 Å². The molecule has 0 radical (unpaired) electrons. The SMILES string of the molecule is [2H]C([2H])([2H])c1cc(Cl)c2c(c1)C=C(C(=O)OCON=[N+]([O-])N(C)CCO)C(C(F)(F)F)O2. The summed E-state index contributed by atoms with van der Waals surface area (Å²) >= 11 is 5.90. The van der Waals surface area contributed by atoms with Crippen LogP contribution in [0.4, 0.5) is 13.2 Å². The monoisotopic (exact) mass is 442 g/mol. The van der Waals surface area contributed by atoms with Crippen molar-refractivity contribution >= 4 is 23.6 Å². The van der Waals surface area contributed by atoms with Crippen LogP contribution in [-0.2, 0) is 14.4 Å². The number of halogens is 4. The third-order valence-corrected chi connectivity index (χ3v) is 3.80. The molecule has 9 nitrogen and oxygen atoms in total. The topological polar surface area (TPSA) is 107 Å². The number of hydrogen-bond acceptors (Lipinski definition) is 7. The lowest BCUT2D eigenvalue weighted by atomic mass is 10.00. The van der Waals surface area contributed by atoms with Crippen molar-refractivity contribution < 1.29 is 46.5 Å². The Balaban J connectivity index is 2.26. The average molecular weight is 443 g/mol. The van der Waals surface area contributed by atoms with Crippen LogP contribution in [0.15, 0.2) is 23.0 Å². The minimum absolute atomic E-state index is 0.0832. The van der Waals surface area contributed by atoms with Crippen LogP contribution in [0.3, 0.4) is 0 Å². The van der Waals surface area contributed by atoms with Gasteiger partial charge in [0.05, 0.1) is 35.8 Å². The number of hydrazine groups is 1. The first-order valence-electron chi connectivity index (χ1n) is 9.34. The van der Waals surface area contributed by atoms with E-state index in [1.54, 1.807) is 0 Å². The summed E-state index contributed by atoms with van der Waals surface area (Å²) in [7, 11) is 1.26. The van der Waals surface area contributed by atoms with Crippen LogP contribution in [0.25, 0.3) is 6.08 Å². The van der Waals surface area contributed by atoms with Gasteiger partial charge in [-0.25, -0.2) is 4.79 Å². The molecule has 0 aromatic heterocycles. The van der Waals surface area contributed by atoms with Gasteiger partial charge in [0.15, 0.2) is 0 Å². The van der Waals surface area contributed by atoms with Gasteiger partial charge in [0.25, 0.3) is 6.79 Å². The van der Waals surface area contributed by atoms with Crippen molar-refractivity contribution in [2.45, 2.75) is 19.1 Å². The van der Waals surface area contributed by atoms with Gasteiger partial charge >= 0.3 is 12.1 Å². The summed E-state index contributed by atoms with van der Waals surface area (Å²) in [5.74, 6) is -1.96. The molecule has 1 heterocycles. The molecule has 0 amide bonds. The quantitative estimate of drug-likeness (QED) is 0.173. The molecule has 0 fully saturated rings. The van der Waals surface area contributed by atoms with Crippen molar-refractivity contribution in [1.29, 1.82) is 0 Å². The molecule has 0 bridgehead atoms. The Kier molecular flexibility index (Phi) is 5.79. The van der Waals surface area contributed by atoms with Crippen LogP contribution in [0.5, 0.6) is 5.75 Å².